The lowest BCUT2D eigenvalue weighted by Crippen LogP contribution is -2.56. The summed E-state index contributed by atoms with van der Waals surface area (Å²) in [4.78, 5) is 51.5. The number of aliphatic hydroxyl groups excluding tert-OH is 1. The first-order valence-corrected chi connectivity index (χ1v) is 11.9. The lowest BCUT2D eigenvalue weighted by molar-refractivity contribution is -0.159. The molecule has 3 amide bonds. The first kappa shape index (κ1) is 27.3. The van der Waals surface area contributed by atoms with Crippen molar-refractivity contribution in [1.29, 1.82) is 0 Å². The molecule has 9 heteroatoms. The number of unbranched alkanes of at least 4 members (excludes halogenated alkanes) is 1. The van der Waals surface area contributed by atoms with E-state index < -0.39 is 54.0 Å². The third kappa shape index (κ3) is 8.13. The summed E-state index contributed by atoms with van der Waals surface area (Å²) < 4.78 is 5.65. The molecule has 1 saturated heterocycles. The van der Waals surface area contributed by atoms with Gasteiger partial charge in [0.05, 0.1) is 12.5 Å². The lowest BCUT2D eigenvalue weighted by Gasteiger charge is -2.27. The van der Waals surface area contributed by atoms with Crippen LogP contribution in [0.25, 0.3) is 0 Å². The number of hydrogen-bond acceptors (Lipinski definition) is 6. The van der Waals surface area contributed by atoms with Crippen LogP contribution in [0, 0.1) is 5.92 Å². The van der Waals surface area contributed by atoms with Crippen LogP contribution < -0.4 is 16.0 Å². The Kier molecular flexibility index (Phi) is 10.5. The normalized spacial score (nSPS) is 26.5. The van der Waals surface area contributed by atoms with E-state index in [0.717, 1.165) is 24.8 Å². The van der Waals surface area contributed by atoms with Crippen LogP contribution in [-0.4, -0.2) is 59.1 Å². The Morgan fingerprint density at radius 3 is 2.32 bits per heavy atom. The molecule has 1 fully saturated rings. The van der Waals surface area contributed by atoms with Gasteiger partial charge in [0.2, 0.25) is 17.7 Å². The van der Waals surface area contributed by atoms with Crippen molar-refractivity contribution in [1.82, 2.24) is 16.0 Å². The number of nitrogens with one attached hydrogen (secondary N) is 3. The predicted molar refractivity (Wildman–Crippen MR) is 126 cm³/mol. The SMILES string of the molecule is CCCC[C@H](C)[C@H]1CC(=O)N[C@@H](Cc2ccccc2)C(=O)N[C@@H](C)C(=O)NC([C@H](C)O)C(=O)O1. The number of hydrogen-bond donors (Lipinski definition) is 4. The smallest absolute Gasteiger partial charge is 0.331 e. The van der Waals surface area contributed by atoms with Crippen molar-refractivity contribution in [2.24, 2.45) is 5.92 Å². The number of carbonyl (C=O) groups is 4. The molecule has 0 radical (unpaired) electrons. The van der Waals surface area contributed by atoms with Gasteiger partial charge in [-0.2, -0.15) is 0 Å². The maximum atomic E-state index is 13.0. The first-order chi connectivity index (χ1) is 16.1. The van der Waals surface area contributed by atoms with E-state index in [1.807, 2.05) is 44.2 Å². The standard InChI is InChI=1S/C25H37N3O6/c1-5-6-10-15(2)20-14-21(30)27-19(13-18-11-8-7-9-12-18)24(32)26-16(3)23(31)28-22(17(4)29)25(33)34-20/h7-9,11-12,15-17,19-20,22,29H,5-6,10,13-14H2,1-4H3,(H,26,32)(H,27,30)(H,28,31)/t15-,16-,17-,19-,20+,22?/m0/s1. The van der Waals surface area contributed by atoms with Gasteiger partial charge in [-0.3, -0.25) is 14.4 Å². The van der Waals surface area contributed by atoms with Gasteiger partial charge in [-0.15, -0.1) is 0 Å². The van der Waals surface area contributed by atoms with E-state index >= 15 is 0 Å². The molecule has 188 valence electrons. The van der Waals surface area contributed by atoms with Crippen molar-refractivity contribution in [2.75, 3.05) is 0 Å². The number of aliphatic hydroxyl groups is 1. The number of amides is 3. The summed E-state index contributed by atoms with van der Waals surface area (Å²) in [6, 6.07) is 5.99. The van der Waals surface area contributed by atoms with E-state index in [1.54, 1.807) is 0 Å². The molecule has 6 atom stereocenters. The second-order valence-electron chi connectivity index (χ2n) is 9.07. The van der Waals surface area contributed by atoms with E-state index in [2.05, 4.69) is 16.0 Å². The third-order valence-corrected chi connectivity index (χ3v) is 6.02. The molecular weight excluding hydrogens is 438 g/mol. The van der Waals surface area contributed by atoms with E-state index in [4.69, 9.17) is 4.74 Å². The summed E-state index contributed by atoms with van der Waals surface area (Å²) in [5, 5.41) is 17.9. The minimum atomic E-state index is -1.32. The minimum absolute atomic E-state index is 0.134. The molecule has 0 bridgehead atoms. The fraction of sp³-hybridized carbons (Fsp3) is 0.600. The summed E-state index contributed by atoms with van der Waals surface area (Å²) in [5.41, 5.74) is 0.845. The number of esters is 1. The van der Waals surface area contributed by atoms with Gasteiger partial charge in [-0.05, 0) is 31.7 Å². The van der Waals surface area contributed by atoms with Gasteiger partial charge in [0, 0.05) is 6.42 Å². The molecule has 0 aliphatic carbocycles. The average molecular weight is 476 g/mol. The molecule has 2 rings (SSSR count). The average Bonchev–Trinajstić information content (AvgIpc) is 2.79. The van der Waals surface area contributed by atoms with Gasteiger partial charge in [-0.1, -0.05) is 57.0 Å². The summed E-state index contributed by atoms with van der Waals surface area (Å²) in [6.07, 6.45) is 0.680. The molecule has 34 heavy (non-hydrogen) atoms. The van der Waals surface area contributed by atoms with E-state index in [-0.39, 0.29) is 18.8 Å². The molecule has 4 N–H and O–H groups in total. The molecule has 0 saturated carbocycles. The topological polar surface area (TPSA) is 134 Å². The van der Waals surface area contributed by atoms with Crippen LogP contribution in [0.4, 0.5) is 0 Å². The fourth-order valence-electron chi connectivity index (χ4n) is 3.82. The van der Waals surface area contributed by atoms with Gasteiger partial charge in [0.25, 0.3) is 0 Å². The number of cyclic esters (lactones) is 1. The van der Waals surface area contributed by atoms with Crippen LogP contribution >= 0.6 is 0 Å². The molecule has 9 nitrogen and oxygen atoms in total. The van der Waals surface area contributed by atoms with Gasteiger partial charge in [0.1, 0.15) is 18.2 Å². The number of carbonyl (C=O) groups excluding carboxylic acids is 4. The molecule has 0 spiro atoms. The predicted octanol–water partition coefficient (Wildman–Crippen LogP) is 1.23. The van der Waals surface area contributed by atoms with Gasteiger partial charge in [-0.25, -0.2) is 4.79 Å². The Morgan fingerprint density at radius 2 is 1.71 bits per heavy atom. The highest BCUT2D eigenvalue weighted by atomic mass is 16.5. The Hall–Kier alpha value is -2.94. The van der Waals surface area contributed by atoms with Crippen LogP contribution in [0.2, 0.25) is 0 Å². The zero-order valence-corrected chi connectivity index (χ0v) is 20.4. The molecule has 1 aromatic carbocycles. The van der Waals surface area contributed by atoms with Crippen LogP contribution in [0.1, 0.15) is 58.9 Å². The minimum Gasteiger partial charge on any atom is -0.460 e. The summed E-state index contributed by atoms with van der Waals surface area (Å²) in [6.45, 7) is 6.77. The van der Waals surface area contributed by atoms with Crippen molar-refractivity contribution >= 4 is 23.7 Å². The summed E-state index contributed by atoms with van der Waals surface area (Å²) in [5.74, 6) is -2.54. The second-order valence-corrected chi connectivity index (χ2v) is 9.07. The Balaban J connectivity index is 2.35. The number of ether oxygens (including phenoxy) is 1. The Labute approximate surface area is 201 Å². The highest BCUT2D eigenvalue weighted by molar-refractivity contribution is 5.94. The molecule has 1 aliphatic rings. The van der Waals surface area contributed by atoms with Crippen molar-refractivity contribution in [2.45, 2.75) is 90.1 Å². The van der Waals surface area contributed by atoms with E-state index in [1.165, 1.54) is 13.8 Å². The summed E-state index contributed by atoms with van der Waals surface area (Å²) in [7, 11) is 0. The van der Waals surface area contributed by atoms with Crippen LogP contribution in [0.15, 0.2) is 30.3 Å². The number of rotatable bonds is 7. The van der Waals surface area contributed by atoms with E-state index in [0.29, 0.717) is 0 Å². The van der Waals surface area contributed by atoms with Crippen molar-refractivity contribution in [3.63, 3.8) is 0 Å². The van der Waals surface area contributed by atoms with Crippen LogP contribution in [-0.2, 0) is 30.3 Å². The van der Waals surface area contributed by atoms with Crippen molar-refractivity contribution in [3.8, 4) is 0 Å². The first-order valence-electron chi connectivity index (χ1n) is 11.9. The van der Waals surface area contributed by atoms with Gasteiger partial charge < -0.3 is 25.8 Å². The quantitative estimate of drug-likeness (QED) is 0.438. The Bertz CT molecular complexity index is 844. The van der Waals surface area contributed by atoms with Crippen LogP contribution in [0.3, 0.4) is 0 Å². The Morgan fingerprint density at radius 1 is 1.03 bits per heavy atom. The molecule has 1 unspecified atom stereocenters. The zero-order valence-electron chi connectivity index (χ0n) is 20.4. The summed E-state index contributed by atoms with van der Waals surface area (Å²) >= 11 is 0. The third-order valence-electron chi connectivity index (χ3n) is 6.02. The molecule has 0 aromatic heterocycles. The molecular formula is C25H37N3O6. The second kappa shape index (κ2) is 13.1. The zero-order chi connectivity index (χ0) is 25.3. The van der Waals surface area contributed by atoms with E-state index in [9.17, 15) is 24.3 Å². The monoisotopic (exact) mass is 475 g/mol. The highest BCUT2D eigenvalue weighted by Gasteiger charge is 2.35. The van der Waals surface area contributed by atoms with Gasteiger partial charge in [0.15, 0.2) is 6.04 Å². The fourth-order valence-corrected chi connectivity index (χ4v) is 3.82. The van der Waals surface area contributed by atoms with Crippen molar-refractivity contribution < 1.29 is 29.0 Å². The largest absolute Gasteiger partial charge is 0.460 e. The van der Waals surface area contributed by atoms with Crippen LogP contribution in [0.5, 0.6) is 0 Å². The molecule has 1 heterocycles. The highest BCUT2D eigenvalue weighted by Crippen LogP contribution is 2.20. The molecule has 1 aliphatic heterocycles. The maximum Gasteiger partial charge on any atom is 0.331 e. The maximum absolute atomic E-state index is 13.0. The van der Waals surface area contributed by atoms with Gasteiger partial charge >= 0.3 is 5.97 Å². The number of benzene rings is 1. The lowest BCUT2D eigenvalue weighted by atomic mass is 9.95. The van der Waals surface area contributed by atoms with Crippen molar-refractivity contribution in [3.05, 3.63) is 35.9 Å². The molecule has 1 aromatic rings.